The molecule has 0 atom stereocenters. The fraction of sp³-hybridized carbons (Fsp3) is 0.107. The molecule has 0 radical (unpaired) electrons. The Kier molecular flexibility index (Phi) is 7.40. The molecule has 3 aromatic carbocycles. The molecule has 6 heteroatoms. The van der Waals surface area contributed by atoms with Crippen molar-refractivity contribution in [2.45, 2.75) is 19.5 Å². The van der Waals surface area contributed by atoms with Crippen LogP contribution in [0.5, 0.6) is 0 Å². The Morgan fingerprint density at radius 2 is 1.53 bits per heavy atom. The van der Waals surface area contributed by atoms with Crippen molar-refractivity contribution >= 4 is 17.5 Å². The zero-order valence-corrected chi connectivity index (χ0v) is 18.5. The molecule has 0 aliphatic heterocycles. The monoisotopic (exact) mass is 453 g/mol. The molecule has 1 N–H and O–H groups in total. The fourth-order valence-corrected chi connectivity index (χ4v) is 3.57. The normalized spacial score (nSPS) is 10.5. The van der Waals surface area contributed by atoms with Crippen LogP contribution >= 0.6 is 0 Å². The van der Waals surface area contributed by atoms with Crippen LogP contribution in [0.25, 0.3) is 0 Å². The first kappa shape index (κ1) is 22.9. The van der Waals surface area contributed by atoms with E-state index in [1.807, 2.05) is 66.7 Å². The van der Waals surface area contributed by atoms with E-state index in [9.17, 15) is 14.0 Å². The van der Waals surface area contributed by atoms with Gasteiger partial charge in [-0.05, 0) is 59.2 Å². The number of nitrogens with zero attached hydrogens (tertiary/aromatic N) is 2. The summed E-state index contributed by atoms with van der Waals surface area (Å²) in [5.74, 6) is -0.855. The highest BCUT2D eigenvalue weighted by Gasteiger charge is 2.19. The van der Waals surface area contributed by atoms with Crippen LogP contribution in [0.1, 0.15) is 27.0 Å². The lowest BCUT2D eigenvalue weighted by Crippen LogP contribution is -2.30. The Morgan fingerprint density at radius 1 is 0.794 bits per heavy atom. The van der Waals surface area contributed by atoms with Crippen molar-refractivity contribution in [3.8, 4) is 0 Å². The third-order valence-electron chi connectivity index (χ3n) is 5.35. The molecule has 0 saturated heterocycles. The zero-order chi connectivity index (χ0) is 23.8. The molecule has 0 aliphatic carbocycles. The number of anilines is 1. The molecule has 5 nitrogen and oxygen atoms in total. The number of rotatable bonds is 8. The van der Waals surface area contributed by atoms with Crippen molar-refractivity contribution in [3.05, 3.63) is 131 Å². The van der Waals surface area contributed by atoms with Crippen LogP contribution < -0.4 is 10.2 Å². The molecule has 0 saturated carbocycles. The second-order valence-electron chi connectivity index (χ2n) is 7.86. The average Bonchev–Trinajstić information content (AvgIpc) is 2.87. The Morgan fingerprint density at radius 3 is 2.24 bits per heavy atom. The number of carbonyl (C=O) groups is 2. The predicted octanol–water partition coefficient (Wildman–Crippen LogP) is 4.93. The van der Waals surface area contributed by atoms with Gasteiger partial charge in [0, 0.05) is 30.2 Å². The number of aromatic nitrogens is 1. The molecule has 2 amide bonds. The summed E-state index contributed by atoms with van der Waals surface area (Å²) in [5, 5.41) is 2.90. The Balaban J connectivity index is 1.48. The van der Waals surface area contributed by atoms with Gasteiger partial charge in [0.05, 0.1) is 13.0 Å². The number of benzene rings is 3. The number of hydrogen-bond acceptors (Lipinski definition) is 3. The fourth-order valence-electron chi connectivity index (χ4n) is 3.57. The molecule has 0 fully saturated rings. The van der Waals surface area contributed by atoms with Gasteiger partial charge in [0.2, 0.25) is 5.91 Å². The summed E-state index contributed by atoms with van der Waals surface area (Å²) < 4.78 is 13.8. The summed E-state index contributed by atoms with van der Waals surface area (Å²) in [4.78, 5) is 31.2. The van der Waals surface area contributed by atoms with Crippen molar-refractivity contribution in [2.75, 3.05) is 4.90 Å². The second kappa shape index (κ2) is 11.0. The Hall–Kier alpha value is -4.32. The van der Waals surface area contributed by atoms with Gasteiger partial charge < -0.3 is 10.2 Å². The summed E-state index contributed by atoms with van der Waals surface area (Å²) in [6.45, 7) is 0.772. The highest BCUT2D eigenvalue weighted by molar-refractivity contribution is 6.06. The molecular formula is C28H24FN3O2. The first-order chi connectivity index (χ1) is 16.6. The van der Waals surface area contributed by atoms with E-state index in [4.69, 9.17) is 0 Å². The van der Waals surface area contributed by atoms with Crippen LogP contribution in [0, 0.1) is 5.82 Å². The molecular weight excluding hydrogens is 429 g/mol. The van der Waals surface area contributed by atoms with E-state index in [1.54, 1.807) is 23.4 Å². The summed E-state index contributed by atoms with van der Waals surface area (Å²) >= 11 is 0. The van der Waals surface area contributed by atoms with Crippen LogP contribution in [0.15, 0.2) is 103 Å². The zero-order valence-electron chi connectivity index (χ0n) is 18.5. The average molecular weight is 454 g/mol. The molecule has 34 heavy (non-hydrogen) atoms. The van der Waals surface area contributed by atoms with Gasteiger partial charge in [0.15, 0.2) is 0 Å². The lowest BCUT2D eigenvalue weighted by molar-refractivity contribution is -0.120. The minimum Gasteiger partial charge on any atom is -0.352 e. The number of nitrogens with one attached hydrogen (secondary N) is 1. The maximum Gasteiger partial charge on any atom is 0.258 e. The minimum atomic E-state index is -0.460. The van der Waals surface area contributed by atoms with E-state index in [1.165, 1.54) is 18.2 Å². The van der Waals surface area contributed by atoms with Gasteiger partial charge in [-0.15, -0.1) is 0 Å². The lowest BCUT2D eigenvalue weighted by Gasteiger charge is -2.23. The Bertz CT molecular complexity index is 1250. The van der Waals surface area contributed by atoms with E-state index >= 15 is 0 Å². The SMILES string of the molecule is O=C(Cc1ccc(N(Cc2ccccc2)C(=O)c2cccc(F)c2)cc1)NCc1ccncc1. The summed E-state index contributed by atoms with van der Waals surface area (Å²) in [6.07, 6.45) is 3.60. The van der Waals surface area contributed by atoms with Gasteiger partial charge in [-0.2, -0.15) is 0 Å². The molecule has 4 rings (SSSR count). The van der Waals surface area contributed by atoms with Gasteiger partial charge in [-0.25, -0.2) is 4.39 Å². The van der Waals surface area contributed by atoms with Gasteiger partial charge in [0.1, 0.15) is 5.82 Å². The van der Waals surface area contributed by atoms with Crippen molar-refractivity contribution in [2.24, 2.45) is 0 Å². The van der Waals surface area contributed by atoms with Crippen LogP contribution in [0.3, 0.4) is 0 Å². The lowest BCUT2D eigenvalue weighted by atomic mass is 10.1. The van der Waals surface area contributed by atoms with E-state index < -0.39 is 5.82 Å². The van der Waals surface area contributed by atoms with Crippen LogP contribution in [0.2, 0.25) is 0 Å². The largest absolute Gasteiger partial charge is 0.352 e. The first-order valence-corrected chi connectivity index (χ1v) is 10.9. The smallest absolute Gasteiger partial charge is 0.258 e. The van der Waals surface area contributed by atoms with Gasteiger partial charge in [0.25, 0.3) is 5.91 Å². The number of pyridine rings is 1. The predicted molar refractivity (Wildman–Crippen MR) is 130 cm³/mol. The summed E-state index contributed by atoms with van der Waals surface area (Å²) in [6, 6.07) is 26.3. The minimum absolute atomic E-state index is 0.0958. The highest BCUT2D eigenvalue weighted by atomic mass is 19.1. The second-order valence-corrected chi connectivity index (χ2v) is 7.86. The molecule has 1 aromatic heterocycles. The van der Waals surface area contributed by atoms with Crippen molar-refractivity contribution in [1.82, 2.24) is 10.3 Å². The van der Waals surface area contributed by atoms with Crippen LogP contribution in [0.4, 0.5) is 10.1 Å². The van der Waals surface area contributed by atoms with E-state index in [0.29, 0.717) is 18.8 Å². The third kappa shape index (κ3) is 6.13. The molecule has 0 spiro atoms. The van der Waals surface area contributed by atoms with Crippen molar-refractivity contribution in [3.63, 3.8) is 0 Å². The third-order valence-corrected chi connectivity index (χ3v) is 5.35. The maximum absolute atomic E-state index is 13.8. The van der Waals surface area contributed by atoms with Gasteiger partial charge >= 0.3 is 0 Å². The van der Waals surface area contributed by atoms with E-state index in [0.717, 1.165) is 16.7 Å². The Labute approximate surface area is 197 Å². The number of amides is 2. The molecule has 170 valence electrons. The van der Waals surface area contributed by atoms with E-state index in [2.05, 4.69) is 10.3 Å². The van der Waals surface area contributed by atoms with Gasteiger partial charge in [-0.3, -0.25) is 14.6 Å². The molecule has 1 heterocycles. The number of carbonyl (C=O) groups excluding carboxylic acids is 2. The van der Waals surface area contributed by atoms with Gasteiger partial charge in [-0.1, -0.05) is 48.5 Å². The summed E-state index contributed by atoms with van der Waals surface area (Å²) in [5.41, 5.74) is 3.70. The highest BCUT2D eigenvalue weighted by Crippen LogP contribution is 2.22. The number of hydrogen-bond donors (Lipinski definition) is 1. The van der Waals surface area contributed by atoms with Crippen molar-refractivity contribution in [1.29, 1.82) is 0 Å². The number of halogens is 1. The van der Waals surface area contributed by atoms with Crippen LogP contribution in [-0.2, 0) is 24.3 Å². The van der Waals surface area contributed by atoms with E-state index in [-0.39, 0.29) is 23.8 Å². The topological polar surface area (TPSA) is 62.3 Å². The quantitative estimate of drug-likeness (QED) is 0.412. The molecule has 0 unspecified atom stereocenters. The standard InChI is InChI=1S/C28H24FN3O2/c29-25-8-4-7-24(18-25)28(34)32(20-23-5-2-1-3-6-23)26-11-9-21(10-12-26)17-27(33)31-19-22-13-15-30-16-14-22/h1-16,18H,17,19-20H2,(H,31,33). The summed E-state index contributed by atoms with van der Waals surface area (Å²) in [7, 11) is 0. The molecule has 0 bridgehead atoms. The van der Waals surface area contributed by atoms with Crippen molar-refractivity contribution < 1.29 is 14.0 Å². The molecule has 4 aromatic rings. The molecule has 0 aliphatic rings. The first-order valence-electron chi connectivity index (χ1n) is 10.9. The van der Waals surface area contributed by atoms with Crippen LogP contribution in [-0.4, -0.2) is 16.8 Å². The maximum atomic E-state index is 13.8.